The van der Waals surface area contributed by atoms with E-state index < -0.39 is 0 Å². The minimum Gasteiger partial charge on any atom is -0.469 e. The topological polar surface area (TPSA) is 54.5 Å². The number of aromatic nitrogens is 2. The number of nitrogens with zero attached hydrogens (tertiary/aromatic N) is 4. The largest absolute Gasteiger partial charge is 0.469 e. The van der Waals surface area contributed by atoms with E-state index in [0.717, 1.165) is 63.7 Å². The molecule has 0 spiro atoms. The number of imidazole rings is 1. The predicted molar refractivity (Wildman–Crippen MR) is 93.9 cm³/mol. The molecule has 6 nitrogen and oxygen atoms in total. The third-order valence-electron chi connectivity index (χ3n) is 5.42. The van der Waals surface area contributed by atoms with Gasteiger partial charge >= 0.3 is 0 Å². The Balaban J connectivity index is 1.32. The molecule has 0 radical (unpaired) electrons. The molecule has 6 heteroatoms. The fourth-order valence-corrected chi connectivity index (χ4v) is 3.85. The lowest BCUT2D eigenvalue weighted by atomic mass is 10.2. The summed E-state index contributed by atoms with van der Waals surface area (Å²) in [6.45, 7) is 7.56. The average Bonchev–Trinajstić information content (AvgIpc) is 3.09. The maximum Gasteiger partial charge on any atom is 0.226 e. The highest BCUT2D eigenvalue weighted by atomic mass is 16.3. The number of carbonyl (C=O) groups excluding carboxylic acids is 1. The molecule has 1 aliphatic carbocycles. The van der Waals surface area contributed by atoms with Gasteiger partial charge in [-0.05, 0) is 31.9 Å². The van der Waals surface area contributed by atoms with E-state index in [1.165, 1.54) is 0 Å². The summed E-state index contributed by atoms with van der Waals surface area (Å²) in [6, 6.07) is 3.89. The standard InChI is InChI=1S/C19H26N4O2/c1-2-22-9-6-20-18(22)14-21-7-4-8-23(11-10-21)19(24)16-13-15(16)17-5-3-12-25-17/h3,5-6,9,12,15-16H,2,4,7-8,10-11,13-14H2,1H3/t15-,16-/m1/s1. The second-order valence-electron chi connectivity index (χ2n) is 7.05. The zero-order chi connectivity index (χ0) is 17.2. The number of hydrogen-bond acceptors (Lipinski definition) is 4. The van der Waals surface area contributed by atoms with Crippen molar-refractivity contribution in [1.29, 1.82) is 0 Å². The van der Waals surface area contributed by atoms with Gasteiger partial charge in [-0.2, -0.15) is 0 Å². The molecule has 0 N–H and O–H groups in total. The van der Waals surface area contributed by atoms with E-state index in [1.54, 1.807) is 6.26 Å². The lowest BCUT2D eigenvalue weighted by molar-refractivity contribution is -0.132. The second kappa shape index (κ2) is 7.04. The van der Waals surface area contributed by atoms with Crippen LogP contribution in [0.15, 0.2) is 35.2 Å². The Morgan fingerprint density at radius 2 is 2.24 bits per heavy atom. The van der Waals surface area contributed by atoms with Crippen LogP contribution in [0.5, 0.6) is 0 Å². The number of furan rings is 1. The summed E-state index contributed by atoms with van der Waals surface area (Å²) in [6.07, 6.45) is 7.55. The van der Waals surface area contributed by atoms with Crippen LogP contribution < -0.4 is 0 Å². The average molecular weight is 342 g/mol. The first kappa shape index (κ1) is 16.4. The highest BCUT2D eigenvalue weighted by molar-refractivity contribution is 5.82. The van der Waals surface area contributed by atoms with Gasteiger partial charge in [-0.3, -0.25) is 9.69 Å². The molecule has 1 amide bonds. The lowest BCUT2D eigenvalue weighted by Crippen LogP contribution is -2.36. The Kier molecular flexibility index (Phi) is 4.61. The van der Waals surface area contributed by atoms with Gasteiger partial charge in [-0.1, -0.05) is 0 Å². The van der Waals surface area contributed by atoms with Gasteiger partial charge in [0.15, 0.2) is 0 Å². The highest BCUT2D eigenvalue weighted by Crippen LogP contribution is 2.48. The molecule has 2 aromatic rings. The minimum absolute atomic E-state index is 0.122. The summed E-state index contributed by atoms with van der Waals surface area (Å²) >= 11 is 0. The van der Waals surface area contributed by atoms with E-state index in [9.17, 15) is 4.79 Å². The van der Waals surface area contributed by atoms with Crippen LogP contribution in [-0.4, -0.2) is 51.4 Å². The zero-order valence-corrected chi connectivity index (χ0v) is 14.8. The van der Waals surface area contributed by atoms with Crippen molar-refractivity contribution in [3.63, 3.8) is 0 Å². The molecule has 25 heavy (non-hydrogen) atoms. The van der Waals surface area contributed by atoms with E-state index in [4.69, 9.17) is 4.42 Å². The van der Waals surface area contributed by atoms with Crippen molar-refractivity contribution in [1.82, 2.24) is 19.4 Å². The normalized spacial score (nSPS) is 24.3. The van der Waals surface area contributed by atoms with Gasteiger partial charge in [0.2, 0.25) is 5.91 Å². The Bertz CT molecular complexity index is 709. The van der Waals surface area contributed by atoms with Gasteiger partial charge in [-0.25, -0.2) is 4.98 Å². The van der Waals surface area contributed by atoms with Gasteiger partial charge < -0.3 is 13.9 Å². The third-order valence-corrected chi connectivity index (χ3v) is 5.42. The summed E-state index contributed by atoms with van der Waals surface area (Å²) in [5.74, 6) is 2.79. The smallest absolute Gasteiger partial charge is 0.226 e. The first-order chi connectivity index (χ1) is 12.3. The van der Waals surface area contributed by atoms with E-state index in [-0.39, 0.29) is 5.92 Å². The van der Waals surface area contributed by atoms with Gasteiger partial charge in [-0.15, -0.1) is 0 Å². The summed E-state index contributed by atoms with van der Waals surface area (Å²) in [4.78, 5) is 21.7. The monoisotopic (exact) mass is 342 g/mol. The van der Waals surface area contributed by atoms with E-state index in [2.05, 4.69) is 26.3 Å². The molecule has 0 bridgehead atoms. The molecule has 2 atom stereocenters. The molecule has 3 heterocycles. The molecule has 2 aliphatic rings. The number of hydrogen-bond donors (Lipinski definition) is 0. The van der Waals surface area contributed by atoms with Crippen LogP contribution in [0.1, 0.15) is 37.3 Å². The summed E-state index contributed by atoms with van der Waals surface area (Å²) < 4.78 is 7.65. The van der Waals surface area contributed by atoms with Crippen molar-refractivity contribution in [2.75, 3.05) is 26.2 Å². The zero-order valence-electron chi connectivity index (χ0n) is 14.8. The quantitative estimate of drug-likeness (QED) is 0.837. The van der Waals surface area contributed by atoms with Crippen LogP contribution >= 0.6 is 0 Å². The SMILES string of the molecule is CCn1ccnc1CN1CCCN(C(=O)[C@@H]2C[C@H]2c2ccco2)CC1. The van der Waals surface area contributed by atoms with Crippen molar-refractivity contribution in [3.8, 4) is 0 Å². The Morgan fingerprint density at radius 1 is 1.32 bits per heavy atom. The fourth-order valence-electron chi connectivity index (χ4n) is 3.85. The number of carbonyl (C=O) groups is 1. The molecular formula is C19H26N4O2. The predicted octanol–water partition coefficient (Wildman–Crippen LogP) is 2.33. The summed E-state index contributed by atoms with van der Waals surface area (Å²) in [5, 5.41) is 0. The first-order valence-electron chi connectivity index (χ1n) is 9.31. The Labute approximate surface area is 148 Å². The molecule has 134 valence electrons. The minimum atomic E-state index is 0.122. The van der Waals surface area contributed by atoms with Crippen molar-refractivity contribution in [2.24, 2.45) is 5.92 Å². The molecule has 0 unspecified atom stereocenters. The Morgan fingerprint density at radius 3 is 3.04 bits per heavy atom. The number of aryl methyl sites for hydroxylation is 1. The van der Waals surface area contributed by atoms with Crippen molar-refractivity contribution < 1.29 is 9.21 Å². The van der Waals surface area contributed by atoms with Crippen LogP contribution in [0.4, 0.5) is 0 Å². The van der Waals surface area contributed by atoms with Crippen LogP contribution in [0.3, 0.4) is 0 Å². The first-order valence-corrected chi connectivity index (χ1v) is 9.31. The van der Waals surface area contributed by atoms with E-state index in [0.29, 0.717) is 11.8 Å². The second-order valence-corrected chi connectivity index (χ2v) is 7.05. The van der Waals surface area contributed by atoms with E-state index in [1.807, 2.05) is 24.5 Å². The molecular weight excluding hydrogens is 316 g/mol. The van der Waals surface area contributed by atoms with Crippen LogP contribution in [0.25, 0.3) is 0 Å². The number of rotatable bonds is 5. The van der Waals surface area contributed by atoms with Crippen LogP contribution in [0.2, 0.25) is 0 Å². The van der Waals surface area contributed by atoms with Crippen LogP contribution in [0, 0.1) is 5.92 Å². The number of amides is 1. The maximum absolute atomic E-state index is 12.8. The van der Waals surface area contributed by atoms with Gasteiger partial charge in [0.1, 0.15) is 11.6 Å². The Hall–Kier alpha value is -2.08. The van der Waals surface area contributed by atoms with Crippen molar-refractivity contribution >= 4 is 5.91 Å². The summed E-state index contributed by atoms with van der Waals surface area (Å²) in [7, 11) is 0. The third kappa shape index (κ3) is 3.49. The summed E-state index contributed by atoms with van der Waals surface area (Å²) in [5.41, 5.74) is 0. The van der Waals surface area contributed by atoms with Gasteiger partial charge in [0, 0.05) is 57.0 Å². The highest BCUT2D eigenvalue weighted by Gasteiger charge is 2.47. The molecule has 1 aliphatic heterocycles. The molecule has 1 saturated heterocycles. The molecule has 2 fully saturated rings. The van der Waals surface area contributed by atoms with Crippen molar-refractivity contribution in [2.45, 2.75) is 38.8 Å². The molecule has 1 saturated carbocycles. The molecule has 4 rings (SSSR count). The van der Waals surface area contributed by atoms with Crippen molar-refractivity contribution in [3.05, 3.63) is 42.4 Å². The van der Waals surface area contributed by atoms with Gasteiger partial charge in [0.05, 0.1) is 12.8 Å². The van der Waals surface area contributed by atoms with Gasteiger partial charge in [0.25, 0.3) is 0 Å². The molecule has 2 aromatic heterocycles. The maximum atomic E-state index is 12.8. The fraction of sp³-hybridized carbons (Fsp3) is 0.579. The molecule has 0 aromatic carbocycles. The lowest BCUT2D eigenvalue weighted by Gasteiger charge is -2.22. The van der Waals surface area contributed by atoms with Crippen LogP contribution in [-0.2, 0) is 17.9 Å². The van der Waals surface area contributed by atoms with E-state index >= 15 is 0 Å².